The number of hydrogen-bond donors (Lipinski definition) is 1. The molecule has 0 spiro atoms. The largest absolute Gasteiger partial charge is 0.306 e. The van der Waals surface area contributed by atoms with E-state index in [9.17, 15) is 18.0 Å². The van der Waals surface area contributed by atoms with Crippen LogP contribution in [0.4, 0.5) is 18.9 Å². The van der Waals surface area contributed by atoms with Crippen molar-refractivity contribution in [2.24, 2.45) is 0 Å². The maximum atomic E-state index is 13.6. The Kier molecular flexibility index (Phi) is 4.09. The van der Waals surface area contributed by atoms with Gasteiger partial charge in [-0.15, -0.1) is 0 Å². The highest BCUT2D eigenvalue weighted by molar-refractivity contribution is 5.99. The molecule has 1 aliphatic heterocycles. The van der Waals surface area contributed by atoms with Crippen molar-refractivity contribution in [1.82, 2.24) is 5.32 Å². The van der Waals surface area contributed by atoms with Gasteiger partial charge in [-0.25, -0.2) is 13.2 Å². The zero-order valence-corrected chi connectivity index (χ0v) is 10.5. The van der Waals surface area contributed by atoms with Crippen molar-refractivity contribution < 1.29 is 18.0 Å². The summed E-state index contributed by atoms with van der Waals surface area (Å²) in [7, 11) is 0. The highest BCUT2D eigenvalue weighted by Crippen LogP contribution is 2.28. The van der Waals surface area contributed by atoms with Crippen molar-refractivity contribution >= 4 is 11.6 Å². The fourth-order valence-corrected chi connectivity index (χ4v) is 2.20. The molecule has 0 aromatic heterocycles. The molecule has 0 radical (unpaired) electrons. The predicted octanol–water partition coefficient (Wildman–Crippen LogP) is 2.21. The number of amides is 1. The monoisotopic (exact) mass is 272 g/mol. The zero-order chi connectivity index (χ0) is 14.0. The molecule has 1 saturated heterocycles. The van der Waals surface area contributed by atoms with Crippen molar-refractivity contribution in [1.29, 1.82) is 0 Å². The first-order valence-corrected chi connectivity index (χ1v) is 6.24. The third-order valence-corrected chi connectivity index (χ3v) is 3.10. The lowest BCUT2D eigenvalue weighted by Crippen LogP contribution is -2.39. The van der Waals surface area contributed by atoms with Gasteiger partial charge in [-0.3, -0.25) is 4.79 Å². The lowest BCUT2D eigenvalue weighted by atomic mass is 10.2. The van der Waals surface area contributed by atoms with Crippen LogP contribution in [-0.2, 0) is 4.79 Å². The van der Waals surface area contributed by atoms with Crippen molar-refractivity contribution in [2.45, 2.75) is 25.8 Å². The van der Waals surface area contributed by atoms with Gasteiger partial charge >= 0.3 is 0 Å². The van der Waals surface area contributed by atoms with E-state index in [4.69, 9.17) is 0 Å². The van der Waals surface area contributed by atoms with Gasteiger partial charge in [-0.05, 0) is 19.4 Å². The van der Waals surface area contributed by atoms with Gasteiger partial charge in [-0.1, -0.05) is 6.92 Å². The summed E-state index contributed by atoms with van der Waals surface area (Å²) in [4.78, 5) is 13.1. The molecule has 0 aliphatic carbocycles. The smallest absolute Gasteiger partial charge is 0.244 e. The molecule has 19 heavy (non-hydrogen) atoms. The van der Waals surface area contributed by atoms with E-state index in [-0.39, 0.29) is 12.5 Å². The van der Waals surface area contributed by atoms with Crippen molar-refractivity contribution in [3.05, 3.63) is 29.6 Å². The molecule has 3 nitrogen and oxygen atoms in total. The highest BCUT2D eigenvalue weighted by atomic mass is 19.1. The van der Waals surface area contributed by atoms with E-state index in [1.165, 1.54) is 0 Å². The molecule has 1 aromatic carbocycles. The molecule has 0 saturated carbocycles. The Morgan fingerprint density at radius 2 is 1.95 bits per heavy atom. The molecule has 0 bridgehead atoms. The number of halogens is 3. The van der Waals surface area contributed by atoms with E-state index in [0.29, 0.717) is 25.1 Å². The SMILES string of the molecule is CCCNC1CCN(c2c(F)cc(F)cc2F)C1=O. The summed E-state index contributed by atoms with van der Waals surface area (Å²) in [5, 5.41) is 3.02. The molecule has 1 aliphatic rings. The Balaban J connectivity index is 2.22. The summed E-state index contributed by atoms with van der Waals surface area (Å²) in [6.07, 6.45) is 1.35. The van der Waals surface area contributed by atoms with Gasteiger partial charge in [0.2, 0.25) is 5.91 Å². The Bertz CT molecular complexity index is 470. The van der Waals surface area contributed by atoms with Crippen LogP contribution in [0.25, 0.3) is 0 Å². The van der Waals surface area contributed by atoms with Crippen molar-refractivity contribution in [2.75, 3.05) is 18.0 Å². The van der Waals surface area contributed by atoms with Crippen LogP contribution >= 0.6 is 0 Å². The van der Waals surface area contributed by atoms with Crippen molar-refractivity contribution in [3.8, 4) is 0 Å². The predicted molar refractivity (Wildman–Crippen MR) is 65.4 cm³/mol. The first-order chi connectivity index (χ1) is 9.04. The topological polar surface area (TPSA) is 32.3 Å². The van der Waals surface area contributed by atoms with Crippen LogP contribution in [0.3, 0.4) is 0 Å². The van der Waals surface area contributed by atoms with E-state index in [2.05, 4.69) is 5.32 Å². The van der Waals surface area contributed by atoms with E-state index in [1.54, 1.807) is 0 Å². The molecule has 1 atom stereocenters. The second kappa shape index (κ2) is 5.61. The van der Waals surface area contributed by atoms with Gasteiger partial charge in [0.05, 0.1) is 6.04 Å². The molecule has 1 fully saturated rings. The number of carbonyl (C=O) groups is 1. The number of rotatable bonds is 4. The quantitative estimate of drug-likeness (QED) is 0.911. The van der Waals surface area contributed by atoms with Crippen LogP contribution in [0.5, 0.6) is 0 Å². The van der Waals surface area contributed by atoms with Crippen LogP contribution in [0.15, 0.2) is 12.1 Å². The summed E-state index contributed by atoms with van der Waals surface area (Å²) in [5.74, 6) is -3.48. The van der Waals surface area contributed by atoms with Crippen LogP contribution in [-0.4, -0.2) is 25.0 Å². The second-order valence-electron chi connectivity index (χ2n) is 4.50. The average molecular weight is 272 g/mol. The number of anilines is 1. The summed E-state index contributed by atoms with van der Waals surface area (Å²) in [5.41, 5.74) is -0.466. The van der Waals surface area contributed by atoms with Gasteiger partial charge in [0.25, 0.3) is 0 Å². The van der Waals surface area contributed by atoms with Gasteiger partial charge < -0.3 is 10.2 Å². The Morgan fingerprint density at radius 1 is 1.32 bits per heavy atom. The van der Waals surface area contributed by atoms with Crippen LogP contribution < -0.4 is 10.2 Å². The highest BCUT2D eigenvalue weighted by Gasteiger charge is 2.35. The van der Waals surface area contributed by atoms with E-state index in [1.807, 2.05) is 6.92 Å². The second-order valence-corrected chi connectivity index (χ2v) is 4.50. The van der Waals surface area contributed by atoms with Gasteiger partial charge in [0.1, 0.15) is 11.5 Å². The molecule has 6 heteroatoms. The van der Waals surface area contributed by atoms with E-state index < -0.39 is 29.2 Å². The Hall–Kier alpha value is -1.56. The lowest BCUT2D eigenvalue weighted by Gasteiger charge is -2.18. The molecule has 1 amide bonds. The maximum Gasteiger partial charge on any atom is 0.244 e. The molecular formula is C13H15F3N2O. The first-order valence-electron chi connectivity index (χ1n) is 6.24. The summed E-state index contributed by atoms with van der Waals surface area (Å²) >= 11 is 0. The Labute approximate surface area is 109 Å². The number of nitrogens with one attached hydrogen (secondary N) is 1. The normalized spacial score (nSPS) is 19.3. The third-order valence-electron chi connectivity index (χ3n) is 3.10. The minimum absolute atomic E-state index is 0.222. The van der Waals surface area contributed by atoms with Gasteiger partial charge in [0.15, 0.2) is 11.6 Å². The van der Waals surface area contributed by atoms with E-state index in [0.717, 1.165) is 11.3 Å². The number of hydrogen-bond acceptors (Lipinski definition) is 2. The van der Waals surface area contributed by atoms with Crippen molar-refractivity contribution in [3.63, 3.8) is 0 Å². The molecule has 2 rings (SSSR count). The number of carbonyl (C=O) groups excluding carboxylic acids is 1. The summed E-state index contributed by atoms with van der Waals surface area (Å²) < 4.78 is 40.1. The first kappa shape index (κ1) is 13.9. The van der Waals surface area contributed by atoms with Crippen LogP contribution in [0, 0.1) is 17.5 Å². The molecule has 104 valence electrons. The van der Waals surface area contributed by atoms with Gasteiger partial charge in [0, 0.05) is 18.7 Å². The molecular weight excluding hydrogens is 257 g/mol. The maximum absolute atomic E-state index is 13.6. The molecule has 1 N–H and O–H groups in total. The summed E-state index contributed by atoms with van der Waals surface area (Å²) in [6, 6.07) is 0.737. The summed E-state index contributed by atoms with van der Waals surface area (Å²) in [6.45, 7) is 2.85. The van der Waals surface area contributed by atoms with Gasteiger partial charge in [-0.2, -0.15) is 0 Å². The van der Waals surface area contributed by atoms with E-state index >= 15 is 0 Å². The third kappa shape index (κ3) is 2.73. The average Bonchev–Trinajstić information content (AvgIpc) is 2.68. The fourth-order valence-electron chi connectivity index (χ4n) is 2.20. The number of benzene rings is 1. The standard InChI is InChI=1S/C13H15F3N2O/c1-2-4-17-11-3-5-18(13(11)19)12-9(15)6-8(14)7-10(12)16/h6-7,11,17H,2-5H2,1H3. The molecule has 1 aromatic rings. The van der Waals surface area contributed by atoms with Crippen LogP contribution in [0.2, 0.25) is 0 Å². The molecule has 1 heterocycles. The fraction of sp³-hybridized carbons (Fsp3) is 0.462. The minimum atomic E-state index is -1.05. The van der Waals surface area contributed by atoms with Crippen LogP contribution in [0.1, 0.15) is 19.8 Å². The number of nitrogens with zero attached hydrogens (tertiary/aromatic N) is 1. The zero-order valence-electron chi connectivity index (χ0n) is 10.5. The lowest BCUT2D eigenvalue weighted by molar-refractivity contribution is -0.118. The Morgan fingerprint density at radius 3 is 2.53 bits per heavy atom. The molecule has 1 unspecified atom stereocenters. The minimum Gasteiger partial charge on any atom is -0.306 e.